The van der Waals surface area contributed by atoms with Crippen molar-refractivity contribution in [2.45, 2.75) is 32.2 Å². The zero-order valence-corrected chi connectivity index (χ0v) is 14.0. The number of esters is 1. The molecule has 0 aromatic rings. The van der Waals surface area contributed by atoms with Crippen LogP contribution in [0.4, 0.5) is 0 Å². The van der Waals surface area contributed by atoms with Crippen molar-refractivity contribution >= 4 is 15.8 Å². The molecule has 20 heavy (non-hydrogen) atoms. The molecule has 0 saturated heterocycles. The van der Waals surface area contributed by atoms with Crippen LogP contribution in [0.5, 0.6) is 0 Å². The average molecular weight is 308 g/mol. The molecule has 0 aliphatic rings. The van der Waals surface area contributed by atoms with Crippen molar-refractivity contribution < 1.29 is 17.9 Å². The van der Waals surface area contributed by atoms with Gasteiger partial charge in [-0.25, -0.2) is 8.42 Å². The highest BCUT2D eigenvalue weighted by atomic mass is 32.2. The molecule has 0 heterocycles. The van der Waals surface area contributed by atoms with Gasteiger partial charge in [0.15, 0.2) is 0 Å². The van der Waals surface area contributed by atoms with Crippen LogP contribution >= 0.6 is 0 Å². The Kier molecular flexibility index (Phi) is 8.30. The average Bonchev–Trinajstić information content (AvgIpc) is 2.38. The Bertz CT molecular complexity index is 397. The van der Waals surface area contributed by atoms with E-state index in [4.69, 9.17) is 4.74 Å². The van der Waals surface area contributed by atoms with Gasteiger partial charge in [0.25, 0.3) is 0 Å². The van der Waals surface area contributed by atoms with Crippen LogP contribution in [0.25, 0.3) is 0 Å². The molecule has 0 rings (SSSR count). The van der Waals surface area contributed by atoms with Crippen molar-refractivity contribution in [3.05, 3.63) is 0 Å². The predicted molar refractivity (Wildman–Crippen MR) is 80.5 cm³/mol. The van der Waals surface area contributed by atoms with Crippen LogP contribution in [0.2, 0.25) is 0 Å². The van der Waals surface area contributed by atoms with Crippen molar-refractivity contribution in [1.29, 1.82) is 0 Å². The molecule has 0 aliphatic heterocycles. The van der Waals surface area contributed by atoms with Crippen LogP contribution in [0, 0.1) is 0 Å². The first-order valence-corrected chi connectivity index (χ1v) is 8.90. The van der Waals surface area contributed by atoms with Gasteiger partial charge in [-0.1, -0.05) is 6.92 Å². The predicted octanol–water partition coefficient (Wildman–Crippen LogP) is 0.284. The lowest BCUT2D eigenvalue weighted by atomic mass is 9.97. The summed E-state index contributed by atoms with van der Waals surface area (Å²) < 4.78 is 27.1. The van der Waals surface area contributed by atoms with Gasteiger partial charge in [-0.05, 0) is 33.4 Å². The molecule has 1 unspecified atom stereocenters. The number of carbonyl (C=O) groups is 1. The molecule has 0 saturated carbocycles. The summed E-state index contributed by atoms with van der Waals surface area (Å²) in [6.45, 7) is 5.67. The molecule has 0 spiro atoms. The van der Waals surface area contributed by atoms with E-state index in [9.17, 15) is 13.2 Å². The fourth-order valence-corrected chi connectivity index (χ4v) is 2.38. The van der Waals surface area contributed by atoms with Gasteiger partial charge in [-0.15, -0.1) is 0 Å². The molecule has 0 amide bonds. The topological polar surface area (TPSA) is 75.7 Å². The molecule has 0 fully saturated rings. The Morgan fingerprint density at radius 1 is 1.35 bits per heavy atom. The summed E-state index contributed by atoms with van der Waals surface area (Å²) in [6, 6.07) is 0. The molecule has 0 bridgehead atoms. The molecule has 0 aromatic heterocycles. The lowest BCUT2D eigenvalue weighted by Crippen LogP contribution is -2.52. The second-order valence-corrected chi connectivity index (χ2v) is 7.69. The zero-order chi connectivity index (χ0) is 15.8. The maximum absolute atomic E-state index is 11.9. The van der Waals surface area contributed by atoms with Crippen molar-refractivity contribution in [1.82, 2.24) is 10.2 Å². The highest BCUT2D eigenvalue weighted by Crippen LogP contribution is 2.13. The third-order valence-corrected chi connectivity index (χ3v) is 4.16. The van der Waals surface area contributed by atoms with Gasteiger partial charge >= 0.3 is 5.97 Å². The van der Waals surface area contributed by atoms with E-state index in [1.54, 1.807) is 0 Å². The van der Waals surface area contributed by atoms with E-state index in [1.165, 1.54) is 13.4 Å². The van der Waals surface area contributed by atoms with E-state index in [-0.39, 0.29) is 11.7 Å². The summed E-state index contributed by atoms with van der Waals surface area (Å²) >= 11 is 0. The number of methoxy groups -OCH3 is 1. The number of carbonyl (C=O) groups excluding carboxylic acids is 1. The monoisotopic (exact) mass is 308 g/mol. The van der Waals surface area contributed by atoms with Gasteiger partial charge in [0.05, 0.1) is 12.9 Å². The Hall–Kier alpha value is -0.660. The number of sulfone groups is 1. The van der Waals surface area contributed by atoms with E-state index in [2.05, 4.69) is 5.32 Å². The molecule has 6 nitrogen and oxygen atoms in total. The van der Waals surface area contributed by atoms with E-state index in [0.29, 0.717) is 19.5 Å². The third-order valence-electron chi connectivity index (χ3n) is 3.24. The molecule has 1 N–H and O–H groups in total. The zero-order valence-electron chi connectivity index (χ0n) is 13.2. The van der Waals surface area contributed by atoms with E-state index < -0.39 is 15.4 Å². The maximum atomic E-state index is 11.9. The first-order valence-electron chi connectivity index (χ1n) is 6.84. The van der Waals surface area contributed by atoms with Crippen LogP contribution in [-0.4, -0.2) is 70.6 Å². The number of rotatable bonds is 10. The van der Waals surface area contributed by atoms with Crippen LogP contribution in [0.3, 0.4) is 0 Å². The molecular formula is C13H28N2O4S. The summed E-state index contributed by atoms with van der Waals surface area (Å²) in [5.74, 6) is -0.164. The second kappa shape index (κ2) is 8.59. The molecule has 1 atom stereocenters. The minimum atomic E-state index is -2.96. The Morgan fingerprint density at radius 3 is 2.40 bits per heavy atom. The van der Waals surface area contributed by atoms with Gasteiger partial charge in [0.2, 0.25) is 0 Å². The molecule has 0 aliphatic carbocycles. The maximum Gasteiger partial charge on any atom is 0.325 e. The lowest BCUT2D eigenvalue weighted by Gasteiger charge is -2.30. The highest BCUT2D eigenvalue weighted by molar-refractivity contribution is 7.90. The molecule has 0 radical (unpaired) electrons. The van der Waals surface area contributed by atoms with Crippen molar-refractivity contribution in [3.8, 4) is 0 Å². The van der Waals surface area contributed by atoms with Crippen LogP contribution in [-0.2, 0) is 19.4 Å². The quantitative estimate of drug-likeness (QED) is 0.584. The van der Waals surface area contributed by atoms with Crippen LogP contribution in [0.15, 0.2) is 0 Å². The number of ether oxygens (including phenoxy) is 1. The van der Waals surface area contributed by atoms with Crippen molar-refractivity contribution in [2.75, 3.05) is 45.8 Å². The summed E-state index contributed by atoms with van der Waals surface area (Å²) in [6.07, 6.45) is 2.72. The van der Waals surface area contributed by atoms with Gasteiger partial charge in [-0.2, -0.15) is 0 Å². The van der Waals surface area contributed by atoms with Crippen molar-refractivity contribution in [2.24, 2.45) is 0 Å². The van der Waals surface area contributed by atoms with E-state index >= 15 is 0 Å². The number of hydrogen-bond acceptors (Lipinski definition) is 6. The van der Waals surface area contributed by atoms with Gasteiger partial charge in [0, 0.05) is 19.3 Å². The Balaban J connectivity index is 4.42. The minimum absolute atomic E-state index is 0.126. The number of nitrogens with one attached hydrogen (secondary N) is 1. The fourth-order valence-electron chi connectivity index (χ4n) is 1.74. The summed E-state index contributed by atoms with van der Waals surface area (Å²) in [4.78, 5) is 13.8. The molecule has 7 heteroatoms. The summed E-state index contributed by atoms with van der Waals surface area (Å²) in [5.41, 5.74) is -0.732. The second-order valence-electron chi connectivity index (χ2n) is 5.43. The normalized spacial score (nSPS) is 15.1. The van der Waals surface area contributed by atoms with Gasteiger partial charge in [-0.3, -0.25) is 4.79 Å². The standard InChI is InChI=1S/C13H28N2O4S/c1-6-8-14-13(2,12(16)19-4)7-9-15(3)10-11-20(5,17)18/h14H,6-11H2,1-5H3. The first-order chi connectivity index (χ1) is 9.14. The minimum Gasteiger partial charge on any atom is -0.468 e. The highest BCUT2D eigenvalue weighted by Gasteiger charge is 2.33. The Labute approximate surface area is 122 Å². The lowest BCUT2D eigenvalue weighted by molar-refractivity contribution is -0.148. The largest absolute Gasteiger partial charge is 0.468 e. The Morgan fingerprint density at radius 2 is 1.95 bits per heavy atom. The number of nitrogens with zero attached hydrogens (tertiary/aromatic N) is 1. The van der Waals surface area contributed by atoms with Crippen LogP contribution < -0.4 is 5.32 Å². The van der Waals surface area contributed by atoms with E-state index in [0.717, 1.165) is 13.0 Å². The van der Waals surface area contributed by atoms with Crippen molar-refractivity contribution in [3.63, 3.8) is 0 Å². The smallest absolute Gasteiger partial charge is 0.325 e. The first kappa shape index (κ1) is 19.3. The number of hydrogen-bond donors (Lipinski definition) is 1. The molecular weight excluding hydrogens is 280 g/mol. The third kappa shape index (κ3) is 7.81. The molecule has 120 valence electrons. The van der Waals surface area contributed by atoms with Crippen LogP contribution in [0.1, 0.15) is 26.7 Å². The summed E-state index contributed by atoms with van der Waals surface area (Å²) in [7, 11) is 0.269. The summed E-state index contributed by atoms with van der Waals surface area (Å²) in [5, 5.41) is 3.20. The van der Waals surface area contributed by atoms with E-state index in [1.807, 2.05) is 25.8 Å². The fraction of sp³-hybridized carbons (Fsp3) is 0.923. The molecule has 0 aromatic carbocycles. The van der Waals surface area contributed by atoms with Gasteiger partial charge < -0.3 is 15.0 Å². The SMILES string of the molecule is CCCNC(C)(CCN(C)CCS(C)(=O)=O)C(=O)OC. The van der Waals surface area contributed by atoms with Gasteiger partial charge in [0.1, 0.15) is 15.4 Å².